The lowest BCUT2D eigenvalue weighted by Crippen LogP contribution is -2.39. The molecule has 1 atom stereocenters. The standard InChI is InChI=1S/C31H31F2N3O2/c32-24-8-10-26(27(33)20-24)30-28-7-4-14-34(28)17-18-36(30)21-25-9-11-29(38-25)31(37)35-15-12-23(13-16-35)19-22-5-2-1-3-6-22/h1-11,14,20,23,30H,12-13,15-19,21H2. The summed E-state index contributed by atoms with van der Waals surface area (Å²) in [5, 5.41) is 0. The number of benzene rings is 2. The number of aromatic nitrogens is 1. The van der Waals surface area contributed by atoms with Crippen molar-refractivity contribution in [2.24, 2.45) is 5.92 Å². The van der Waals surface area contributed by atoms with Gasteiger partial charge in [-0.2, -0.15) is 0 Å². The van der Waals surface area contributed by atoms with Crippen LogP contribution < -0.4 is 0 Å². The predicted octanol–water partition coefficient (Wildman–Crippen LogP) is 6.06. The van der Waals surface area contributed by atoms with Crippen molar-refractivity contribution in [2.45, 2.75) is 38.4 Å². The Balaban J connectivity index is 1.13. The molecule has 2 aromatic heterocycles. The third-order valence-corrected chi connectivity index (χ3v) is 7.90. The van der Waals surface area contributed by atoms with Crippen molar-refractivity contribution in [3.8, 4) is 0 Å². The molecule has 4 heterocycles. The number of rotatable bonds is 6. The van der Waals surface area contributed by atoms with Gasteiger partial charge < -0.3 is 13.9 Å². The van der Waals surface area contributed by atoms with E-state index in [1.807, 2.05) is 35.4 Å². The van der Waals surface area contributed by atoms with Crippen molar-refractivity contribution in [3.05, 3.63) is 119 Å². The topological polar surface area (TPSA) is 41.6 Å². The van der Waals surface area contributed by atoms with Crippen molar-refractivity contribution in [1.82, 2.24) is 14.4 Å². The molecule has 4 aromatic rings. The zero-order chi connectivity index (χ0) is 26.1. The second-order valence-electron chi connectivity index (χ2n) is 10.4. The van der Waals surface area contributed by atoms with E-state index in [2.05, 4.69) is 33.7 Å². The van der Waals surface area contributed by atoms with Crippen molar-refractivity contribution in [2.75, 3.05) is 19.6 Å². The Morgan fingerprint density at radius 2 is 1.71 bits per heavy atom. The number of hydrogen-bond acceptors (Lipinski definition) is 3. The maximum absolute atomic E-state index is 14.9. The summed E-state index contributed by atoms with van der Waals surface area (Å²) in [4.78, 5) is 17.2. The Bertz CT molecular complexity index is 1410. The summed E-state index contributed by atoms with van der Waals surface area (Å²) in [5.74, 6) is 0.327. The van der Waals surface area contributed by atoms with Crippen LogP contribution in [-0.4, -0.2) is 39.9 Å². The molecule has 0 aliphatic carbocycles. The SMILES string of the molecule is O=C(c1ccc(CN2CCn3cccc3C2c2ccc(F)cc2F)o1)N1CCC(Cc2ccccc2)CC1. The van der Waals surface area contributed by atoms with Crippen LogP contribution in [0.15, 0.2) is 83.4 Å². The van der Waals surface area contributed by atoms with Crippen LogP contribution in [0.1, 0.15) is 52.0 Å². The molecule has 6 rings (SSSR count). The van der Waals surface area contributed by atoms with Gasteiger partial charge in [0.05, 0.1) is 12.6 Å². The summed E-state index contributed by atoms with van der Waals surface area (Å²) in [6.07, 6.45) is 4.98. The van der Waals surface area contributed by atoms with Crippen LogP contribution in [0.5, 0.6) is 0 Å². The number of piperidine rings is 1. The Hall–Kier alpha value is -3.71. The Kier molecular flexibility index (Phi) is 6.85. The Morgan fingerprint density at radius 3 is 2.50 bits per heavy atom. The quantitative estimate of drug-likeness (QED) is 0.314. The number of furan rings is 1. The van der Waals surface area contributed by atoms with Crippen LogP contribution in [0.3, 0.4) is 0 Å². The van der Waals surface area contributed by atoms with Crippen LogP contribution in [0.25, 0.3) is 0 Å². The molecular formula is C31H31F2N3O2. The Labute approximate surface area is 221 Å². The lowest BCUT2D eigenvalue weighted by atomic mass is 9.90. The van der Waals surface area contributed by atoms with E-state index in [1.165, 1.54) is 17.7 Å². The van der Waals surface area contributed by atoms with Crippen LogP contribution in [0, 0.1) is 17.6 Å². The first-order chi connectivity index (χ1) is 18.5. The lowest BCUT2D eigenvalue weighted by molar-refractivity contribution is 0.0653. The van der Waals surface area contributed by atoms with Crippen LogP contribution in [0.4, 0.5) is 8.78 Å². The molecule has 0 saturated carbocycles. The number of likely N-dealkylation sites (tertiary alicyclic amines) is 1. The van der Waals surface area contributed by atoms with E-state index in [0.29, 0.717) is 36.1 Å². The molecule has 196 valence electrons. The summed E-state index contributed by atoms with van der Waals surface area (Å²) in [7, 11) is 0. The normalized spacial score (nSPS) is 18.5. The number of nitrogens with zero attached hydrogens (tertiary/aromatic N) is 3. The highest BCUT2D eigenvalue weighted by Crippen LogP contribution is 2.35. The highest BCUT2D eigenvalue weighted by molar-refractivity contribution is 5.91. The lowest BCUT2D eigenvalue weighted by Gasteiger charge is -2.37. The summed E-state index contributed by atoms with van der Waals surface area (Å²) in [6.45, 7) is 3.29. The smallest absolute Gasteiger partial charge is 0.289 e. The van der Waals surface area contributed by atoms with Gasteiger partial charge in [0, 0.05) is 49.7 Å². The maximum atomic E-state index is 14.9. The number of amides is 1. The second kappa shape index (κ2) is 10.6. The fourth-order valence-electron chi connectivity index (χ4n) is 5.90. The monoisotopic (exact) mass is 515 g/mol. The fraction of sp³-hybridized carbons (Fsp3) is 0.323. The molecule has 1 fully saturated rings. The number of hydrogen-bond donors (Lipinski definition) is 0. The third-order valence-electron chi connectivity index (χ3n) is 7.90. The first-order valence-electron chi connectivity index (χ1n) is 13.3. The van der Waals surface area contributed by atoms with Gasteiger partial charge in [0.15, 0.2) is 5.76 Å². The molecule has 1 saturated heterocycles. The van der Waals surface area contributed by atoms with Gasteiger partial charge in [-0.05, 0) is 61.1 Å². The zero-order valence-electron chi connectivity index (χ0n) is 21.2. The molecule has 0 spiro atoms. The van der Waals surface area contributed by atoms with E-state index in [4.69, 9.17) is 4.42 Å². The third kappa shape index (κ3) is 5.03. The van der Waals surface area contributed by atoms with E-state index < -0.39 is 11.6 Å². The van der Waals surface area contributed by atoms with Gasteiger partial charge >= 0.3 is 0 Å². The molecule has 1 unspecified atom stereocenters. The van der Waals surface area contributed by atoms with Crippen molar-refractivity contribution in [3.63, 3.8) is 0 Å². The predicted molar refractivity (Wildman–Crippen MR) is 141 cm³/mol. The summed E-state index contributed by atoms with van der Waals surface area (Å²) in [5.41, 5.74) is 2.71. The molecule has 2 aliphatic heterocycles. The summed E-state index contributed by atoms with van der Waals surface area (Å²) < 4.78 is 36.6. The van der Waals surface area contributed by atoms with Crippen LogP contribution in [0.2, 0.25) is 0 Å². The van der Waals surface area contributed by atoms with Crippen LogP contribution >= 0.6 is 0 Å². The number of halogens is 2. The number of carbonyl (C=O) groups is 1. The van der Waals surface area contributed by atoms with Gasteiger partial charge in [-0.25, -0.2) is 8.78 Å². The molecule has 2 aliphatic rings. The molecule has 0 N–H and O–H groups in total. The first-order valence-corrected chi connectivity index (χ1v) is 13.3. The van der Waals surface area contributed by atoms with E-state index in [9.17, 15) is 13.6 Å². The zero-order valence-corrected chi connectivity index (χ0v) is 21.2. The van der Waals surface area contributed by atoms with E-state index in [0.717, 1.165) is 50.7 Å². The molecule has 38 heavy (non-hydrogen) atoms. The second-order valence-corrected chi connectivity index (χ2v) is 10.4. The molecule has 5 nitrogen and oxygen atoms in total. The highest BCUT2D eigenvalue weighted by atomic mass is 19.1. The number of fused-ring (bicyclic) bond motifs is 1. The van der Waals surface area contributed by atoms with Crippen LogP contribution in [-0.2, 0) is 19.5 Å². The largest absolute Gasteiger partial charge is 0.455 e. The van der Waals surface area contributed by atoms with Gasteiger partial charge in [0.25, 0.3) is 5.91 Å². The number of carbonyl (C=O) groups excluding carboxylic acids is 1. The summed E-state index contributed by atoms with van der Waals surface area (Å²) >= 11 is 0. The van der Waals surface area contributed by atoms with Gasteiger partial charge in [0.1, 0.15) is 17.4 Å². The van der Waals surface area contributed by atoms with Gasteiger partial charge in [-0.1, -0.05) is 36.4 Å². The molecule has 0 radical (unpaired) electrons. The van der Waals surface area contributed by atoms with Crippen molar-refractivity contribution < 1.29 is 18.0 Å². The van der Waals surface area contributed by atoms with E-state index >= 15 is 0 Å². The fourth-order valence-corrected chi connectivity index (χ4v) is 5.90. The molecular weight excluding hydrogens is 484 g/mol. The average molecular weight is 516 g/mol. The van der Waals surface area contributed by atoms with Gasteiger partial charge in [0.2, 0.25) is 0 Å². The first kappa shape index (κ1) is 24.6. The van der Waals surface area contributed by atoms with Gasteiger partial charge in [-0.15, -0.1) is 0 Å². The molecule has 2 aromatic carbocycles. The van der Waals surface area contributed by atoms with E-state index in [1.54, 1.807) is 6.07 Å². The molecule has 0 bridgehead atoms. The molecule has 1 amide bonds. The Morgan fingerprint density at radius 1 is 0.895 bits per heavy atom. The maximum Gasteiger partial charge on any atom is 0.289 e. The van der Waals surface area contributed by atoms with E-state index in [-0.39, 0.29) is 11.9 Å². The highest BCUT2D eigenvalue weighted by Gasteiger charge is 2.32. The minimum Gasteiger partial charge on any atom is -0.455 e. The van der Waals surface area contributed by atoms with Crippen molar-refractivity contribution in [1.29, 1.82) is 0 Å². The minimum absolute atomic E-state index is 0.0805. The average Bonchev–Trinajstić information content (AvgIpc) is 3.60. The minimum atomic E-state index is -0.595. The molecule has 7 heteroatoms. The summed E-state index contributed by atoms with van der Waals surface area (Å²) in [6, 6.07) is 21.4. The van der Waals surface area contributed by atoms with Gasteiger partial charge in [-0.3, -0.25) is 9.69 Å². The van der Waals surface area contributed by atoms with Crippen molar-refractivity contribution >= 4 is 5.91 Å².